The zero-order chi connectivity index (χ0) is 26.9. The molecule has 0 saturated heterocycles. The summed E-state index contributed by atoms with van der Waals surface area (Å²) < 4.78 is 19.2. The molecular weight excluding hydrogens is 505 g/mol. The Hall–Kier alpha value is -4.86. The average molecular weight is 528 g/mol. The fraction of sp³-hybridized carbons (Fsp3) is 0.143. The van der Waals surface area contributed by atoms with Crippen LogP contribution in [0.5, 0.6) is 5.75 Å². The number of anilines is 2. The van der Waals surface area contributed by atoms with Gasteiger partial charge in [0.15, 0.2) is 0 Å². The summed E-state index contributed by atoms with van der Waals surface area (Å²) in [4.78, 5) is 14.1. The lowest BCUT2D eigenvalue weighted by Gasteiger charge is -2.13. The molecule has 0 atom stereocenters. The van der Waals surface area contributed by atoms with Gasteiger partial charge in [-0.05, 0) is 54.1 Å². The second kappa shape index (κ2) is 12.4. The van der Waals surface area contributed by atoms with Crippen LogP contribution in [0.15, 0.2) is 72.0 Å². The van der Waals surface area contributed by atoms with E-state index < -0.39 is 0 Å². The van der Waals surface area contributed by atoms with Gasteiger partial charge in [0.1, 0.15) is 30.3 Å². The Balaban J connectivity index is 1.47. The number of ether oxygens (including phenoxy) is 1. The molecule has 0 fully saturated rings. The summed E-state index contributed by atoms with van der Waals surface area (Å²) in [6, 6.07) is 17.2. The summed E-state index contributed by atoms with van der Waals surface area (Å²) >= 11 is 6.44. The SMILES string of the molecule is CN(C)C(=NC#N)NCC#Cc1ccc2ncnc(Nc3ccc(OCc4cccc(F)c4)c(Cl)c3)c2c1. The van der Waals surface area contributed by atoms with Crippen molar-refractivity contribution in [2.45, 2.75) is 6.61 Å². The molecular formula is C28H23ClFN7O. The maximum Gasteiger partial charge on any atom is 0.210 e. The molecule has 38 heavy (non-hydrogen) atoms. The lowest BCUT2D eigenvalue weighted by Crippen LogP contribution is -2.36. The Morgan fingerprint density at radius 2 is 2.00 bits per heavy atom. The van der Waals surface area contributed by atoms with Gasteiger partial charge in [-0.3, -0.25) is 0 Å². The van der Waals surface area contributed by atoms with Gasteiger partial charge in [0, 0.05) is 30.7 Å². The van der Waals surface area contributed by atoms with Gasteiger partial charge in [0.25, 0.3) is 0 Å². The van der Waals surface area contributed by atoms with Crippen molar-refractivity contribution in [1.29, 1.82) is 5.26 Å². The third-order valence-corrected chi connectivity index (χ3v) is 5.56. The number of nitrogens with zero attached hydrogens (tertiary/aromatic N) is 5. The van der Waals surface area contributed by atoms with E-state index in [4.69, 9.17) is 21.6 Å². The molecule has 0 unspecified atom stereocenters. The summed E-state index contributed by atoms with van der Waals surface area (Å²) in [6.07, 6.45) is 3.24. The minimum Gasteiger partial charge on any atom is -0.487 e. The first-order valence-corrected chi connectivity index (χ1v) is 11.9. The quantitative estimate of drug-likeness (QED) is 0.156. The van der Waals surface area contributed by atoms with Crippen LogP contribution in [0.3, 0.4) is 0 Å². The Morgan fingerprint density at radius 1 is 1.13 bits per heavy atom. The van der Waals surface area contributed by atoms with Gasteiger partial charge in [0.05, 0.1) is 17.1 Å². The second-order valence-electron chi connectivity index (χ2n) is 8.23. The molecule has 4 rings (SSSR count). The summed E-state index contributed by atoms with van der Waals surface area (Å²) in [5, 5.41) is 16.2. The van der Waals surface area contributed by atoms with E-state index in [-0.39, 0.29) is 12.4 Å². The molecule has 0 aliphatic rings. The molecule has 1 aromatic heterocycles. The second-order valence-corrected chi connectivity index (χ2v) is 8.64. The molecule has 0 amide bonds. The zero-order valence-electron chi connectivity index (χ0n) is 20.7. The van der Waals surface area contributed by atoms with E-state index in [9.17, 15) is 4.39 Å². The molecule has 0 bridgehead atoms. The molecule has 190 valence electrons. The molecule has 3 aromatic carbocycles. The lowest BCUT2D eigenvalue weighted by molar-refractivity contribution is 0.306. The van der Waals surface area contributed by atoms with Crippen molar-refractivity contribution in [3.63, 3.8) is 0 Å². The van der Waals surface area contributed by atoms with Crippen molar-refractivity contribution in [3.8, 4) is 23.8 Å². The van der Waals surface area contributed by atoms with Crippen molar-refractivity contribution in [1.82, 2.24) is 20.2 Å². The Kier molecular flexibility index (Phi) is 8.55. The van der Waals surface area contributed by atoms with E-state index in [2.05, 4.69) is 37.4 Å². The molecule has 8 nitrogen and oxygen atoms in total. The fourth-order valence-electron chi connectivity index (χ4n) is 3.47. The number of nitriles is 1. The predicted octanol–water partition coefficient (Wildman–Crippen LogP) is 5.08. The number of rotatable bonds is 6. The average Bonchev–Trinajstić information content (AvgIpc) is 2.90. The Labute approximate surface area is 224 Å². The maximum absolute atomic E-state index is 13.4. The minimum absolute atomic E-state index is 0.196. The van der Waals surface area contributed by atoms with Crippen molar-refractivity contribution >= 4 is 40.0 Å². The number of hydrogen-bond donors (Lipinski definition) is 2. The molecule has 0 aliphatic heterocycles. The molecule has 0 saturated carbocycles. The first-order valence-electron chi connectivity index (χ1n) is 11.5. The fourth-order valence-corrected chi connectivity index (χ4v) is 3.70. The minimum atomic E-state index is -0.317. The van der Waals surface area contributed by atoms with E-state index in [1.54, 1.807) is 49.5 Å². The Morgan fingerprint density at radius 3 is 2.76 bits per heavy atom. The smallest absolute Gasteiger partial charge is 0.210 e. The van der Waals surface area contributed by atoms with Crippen LogP contribution in [0.2, 0.25) is 5.02 Å². The molecule has 4 aromatic rings. The highest BCUT2D eigenvalue weighted by Gasteiger charge is 2.08. The largest absolute Gasteiger partial charge is 0.487 e. The first-order chi connectivity index (χ1) is 18.4. The summed E-state index contributed by atoms with van der Waals surface area (Å²) in [6.45, 7) is 0.515. The molecule has 0 spiro atoms. The summed E-state index contributed by atoms with van der Waals surface area (Å²) in [5.41, 5.74) is 2.95. The van der Waals surface area contributed by atoms with Crippen molar-refractivity contribution in [2.75, 3.05) is 26.0 Å². The number of nitrogens with one attached hydrogen (secondary N) is 2. The van der Waals surface area contributed by atoms with Gasteiger partial charge in [-0.1, -0.05) is 35.6 Å². The maximum atomic E-state index is 13.4. The van der Waals surface area contributed by atoms with Crippen LogP contribution in [0.4, 0.5) is 15.9 Å². The van der Waals surface area contributed by atoms with Crippen molar-refractivity contribution in [3.05, 3.63) is 89.0 Å². The van der Waals surface area contributed by atoms with Gasteiger partial charge in [-0.25, -0.2) is 14.4 Å². The van der Waals surface area contributed by atoms with Gasteiger partial charge < -0.3 is 20.3 Å². The van der Waals surface area contributed by atoms with Gasteiger partial charge in [0.2, 0.25) is 12.2 Å². The van der Waals surface area contributed by atoms with Crippen LogP contribution in [0, 0.1) is 29.1 Å². The monoisotopic (exact) mass is 527 g/mol. The van der Waals surface area contributed by atoms with Crippen LogP contribution >= 0.6 is 11.6 Å². The van der Waals surface area contributed by atoms with Gasteiger partial charge in [-0.15, -0.1) is 4.99 Å². The highest BCUT2D eigenvalue weighted by molar-refractivity contribution is 6.32. The zero-order valence-corrected chi connectivity index (χ0v) is 21.4. The van der Waals surface area contributed by atoms with E-state index in [1.165, 1.54) is 18.5 Å². The van der Waals surface area contributed by atoms with Crippen LogP contribution in [-0.2, 0) is 6.61 Å². The number of guanidine groups is 1. The Bertz CT molecular complexity index is 1590. The summed E-state index contributed by atoms with van der Waals surface area (Å²) in [7, 11) is 3.57. The number of aromatic nitrogens is 2. The molecule has 0 aliphatic carbocycles. The van der Waals surface area contributed by atoms with Crippen LogP contribution in [-0.4, -0.2) is 41.5 Å². The number of hydrogen-bond acceptors (Lipinski definition) is 6. The highest BCUT2D eigenvalue weighted by Crippen LogP contribution is 2.31. The van der Waals surface area contributed by atoms with Crippen LogP contribution in [0.1, 0.15) is 11.1 Å². The van der Waals surface area contributed by atoms with E-state index in [1.807, 2.05) is 24.3 Å². The van der Waals surface area contributed by atoms with Gasteiger partial charge in [-0.2, -0.15) is 5.26 Å². The normalized spacial score (nSPS) is 10.8. The van der Waals surface area contributed by atoms with E-state index >= 15 is 0 Å². The number of benzene rings is 3. The van der Waals surface area contributed by atoms with Gasteiger partial charge >= 0.3 is 0 Å². The number of halogens is 2. The number of aliphatic imine (C=N–C) groups is 1. The lowest BCUT2D eigenvalue weighted by atomic mass is 10.1. The van der Waals surface area contributed by atoms with E-state index in [0.717, 1.165) is 16.5 Å². The van der Waals surface area contributed by atoms with E-state index in [0.29, 0.717) is 40.3 Å². The third-order valence-electron chi connectivity index (χ3n) is 5.26. The summed E-state index contributed by atoms with van der Waals surface area (Å²) in [5.74, 6) is 7.32. The predicted molar refractivity (Wildman–Crippen MR) is 147 cm³/mol. The van der Waals surface area contributed by atoms with Crippen molar-refractivity contribution < 1.29 is 9.13 Å². The topological polar surface area (TPSA) is 98.5 Å². The van der Waals surface area contributed by atoms with Crippen molar-refractivity contribution in [2.24, 2.45) is 4.99 Å². The molecule has 1 heterocycles. The van der Waals surface area contributed by atoms with Crippen LogP contribution < -0.4 is 15.4 Å². The molecule has 10 heteroatoms. The first kappa shape index (κ1) is 26.2. The highest BCUT2D eigenvalue weighted by atomic mass is 35.5. The molecule has 2 N–H and O–H groups in total. The molecule has 0 radical (unpaired) electrons. The third kappa shape index (κ3) is 6.88. The van der Waals surface area contributed by atoms with Crippen LogP contribution in [0.25, 0.3) is 10.9 Å². The standard InChI is InChI=1S/C28H23ClFN7O/c1-37(2)28(33-17-31)32-12-4-6-19-8-10-25-23(14-19)27(35-18-34-25)36-22-9-11-26(24(29)15-22)38-16-20-5-3-7-21(30)13-20/h3,5,7-11,13-15,18H,12,16H2,1-2H3,(H,32,33)(H,34,35,36). The number of fused-ring (bicyclic) bond motifs is 1.